The predicted molar refractivity (Wildman–Crippen MR) is 86.0 cm³/mol. The minimum Gasteiger partial charge on any atom is -0.495 e. The van der Waals surface area contributed by atoms with Crippen molar-refractivity contribution in [1.82, 2.24) is 0 Å². The van der Waals surface area contributed by atoms with Gasteiger partial charge in [-0.1, -0.05) is 30.3 Å². The average Bonchev–Trinajstić information content (AvgIpc) is 2.53. The Bertz CT molecular complexity index is 612. The number of methoxy groups -OCH3 is 1. The van der Waals surface area contributed by atoms with Crippen LogP contribution in [-0.2, 0) is 6.54 Å². The second kappa shape index (κ2) is 6.79. The second-order valence-electron chi connectivity index (χ2n) is 4.74. The van der Waals surface area contributed by atoms with E-state index < -0.39 is 0 Å². The first kappa shape index (κ1) is 14.9. The first-order valence-corrected chi connectivity index (χ1v) is 6.91. The Morgan fingerprint density at radius 3 is 2.48 bits per heavy atom. The number of anilines is 2. The second-order valence-corrected chi connectivity index (χ2v) is 4.74. The van der Waals surface area contributed by atoms with Crippen molar-refractivity contribution < 1.29 is 9.53 Å². The molecule has 2 aromatic carbocycles. The van der Waals surface area contributed by atoms with Gasteiger partial charge in [0.2, 0.25) is 0 Å². The molecule has 0 amide bonds. The fourth-order valence-corrected chi connectivity index (χ4v) is 2.35. The van der Waals surface area contributed by atoms with Gasteiger partial charge in [-0.15, -0.1) is 0 Å². The molecule has 0 aliphatic heterocycles. The quantitative estimate of drug-likeness (QED) is 0.654. The van der Waals surface area contributed by atoms with Crippen molar-refractivity contribution in [3.63, 3.8) is 0 Å². The monoisotopic (exact) mass is 284 g/mol. The first-order chi connectivity index (χ1) is 10.2. The van der Waals surface area contributed by atoms with E-state index in [9.17, 15) is 4.79 Å². The maximum atomic E-state index is 11.1. The van der Waals surface area contributed by atoms with Gasteiger partial charge in [-0.2, -0.15) is 0 Å². The predicted octanol–water partition coefficient (Wildman–Crippen LogP) is 3.12. The van der Waals surface area contributed by atoms with Gasteiger partial charge in [-0.05, 0) is 24.6 Å². The zero-order chi connectivity index (χ0) is 15.2. The largest absolute Gasteiger partial charge is 0.495 e. The SMILES string of the molecule is CCN(Cc1ccccc1)c1c(OC)ccc(C=O)c1N. The number of hydrogen-bond acceptors (Lipinski definition) is 4. The number of carbonyl (C=O) groups excluding carboxylic acids is 1. The lowest BCUT2D eigenvalue weighted by molar-refractivity contribution is 0.112. The highest BCUT2D eigenvalue weighted by atomic mass is 16.5. The number of aldehydes is 1. The lowest BCUT2D eigenvalue weighted by Gasteiger charge is -2.27. The molecule has 0 spiro atoms. The molecule has 2 aromatic rings. The Labute approximate surface area is 125 Å². The summed E-state index contributed by atoms with van der Waals surface area (Å²) in [5, 5.41) is 0. The van der Waals surface area contributed by atoms with Crippen molar-refractivity contribution in [2.45, 2.75) is 13.5 Å². The summed E-state index contributed by atoms with van der Waals surface area (Å²) in [7, 11) is 1.61. The third kappa shape index (κ3) is 3.16. The number of rotatable bonds is 6. The molecule has 0 unspecified atom stereocenters. The van der Waals surface area contributed by atoms with E-state index in [4.69, 9.17) is 10.5 Å². The normalized spacial score (nSPS) is 10.2. The van der Waals surface area contributed by atoms with Crippen LogP contribution < -0.4 is 15.4 Å². The standard InChI is InChI=1S/C17H20N2O2/c1-3-19(11-13-7-5-4-6-8-13)17-15(21-2)10-9-14(12-20)16(17)18/h4-10,12H,3,11,18H2,1-2H3. The van der Waals surface area contributed by atoms with E-state index in [-0.39, 0.29) is 0 Å². The molecule has 2 N–H and O–H groups in total. The maximum Gasteiger partial charge on any atom is 0.152 e. The summed E-state index contributed by atoms with van der Waals surface area (Å²) in [5.41, 5.74) is 9.04. The van der Waals surface area contributed by atoms with Crippen molar-refractivity contribution in [2.24, 2.45) is 0 Å². The highest BCUT2D eigenvalue weighted by Gasteiger charge is 2.17. The molecule has 0 radical (unpaired) electrons. The molecule has 0 fully saturated rings. The van der Waals surface area contributed by atoms with Crippen molar-refractivity contribution in [3.8, 4) is 5.75 Å². The van der Waals surface area contributed by atoms with E-state index in [1.54, 1.807) is 19.2 Å². The number of nitrogens with two attached hydrogens (primary N) is 1. The topological polar surface area (TPSA) is 55.6 Å². The number of nitrogens with zero attached hydrogens (tertiary/aromatic N) is 1. The smallest absolute Gasteiger partial charge is 0.152 e. The Morgan fingerprint density at radius 1 is 1.19 bits per heavy atom. The first-order valence-electron chi connectivity index (χ1n) is 6.91. The summed E-state index contributed by atoms with van der Waals surface area (Å²) < 4.78 is 5.41. The number of benzene rings is 2. The van der Waals surface area contributed by atoms with E-state index in [0.717, 1.165) is 18.5 Å². The molecule has 21 heavy (non-hydrogen) atoms. The summed E-state index contributed by atoms with van der Waals surface area (Å²) in [6.45, 7) is 3.52. The zero-order valence-electron chi connectivity index (χ0n) is 12.4. The van der Waals surface area contributed by atoms with Crippen LogP contribution >= 0.6 is 0 Å². The van der Waals surface area contributed by atoms with Crippen molar-refractivity contribution in [3.05, 3.63) is 53.6 Å². The van der Waals surface area contributed by atoms with E-state index in [2.05, 4.69) is 24.0 Å². The van der Waals surface area contributed by atoms with Crippen LogP contribution in [0.4, 0.5) is 11.4 Å². The average molecular weight is 284 g/mol. The van der Waals surface area contributed by atoms with Crippen LogP contribution in [0.3, 0.4) is 0 Å². The van der Waals surface area contributed by atoms with E-state index in [0.29, 0.717) is 23.5 Å². The van der Waals surface area contributed by atoms with E-state index >= 15 is 0 Å². The van der Waals surface area contributed by atoms with E-state index in [1.165, 1.54) is 5.56 Å². The number of ether oxygens (including phenoxy) is 1. The zero-order valence-corrected chi connectivity index (χ0v) is 12.4. The highest BCUT2D eigenvalue weighted by molar-refractivity contribution is 5.91. The summed E-state index contributed by atoms with van der Waals surface area (Å²) in [4.78, 5) is 13.2. The molecule has 0 aliphatic carbocycles. The molecular formula is C17H20N2O2. The van der Waals surface area contributed by atoms with Crippen LogP contribution in [-0.4, -0.2) is 19.9 Å². The van der Waals surface area contributed by atoms with Crippen LogP contribution in [0.15, 0.2) is 42.5 Å². The molecule has 0 atom stereocenters. The Balaban J connectivity index is 2.43. The highest BCUT2D eigenvalue weighted by Crippen LogP contribution is 2.37. The maximum absolute atomic E-state index is 11.1. The minimum absolute atomic E-state index is 0.460. The molecule has 0 aromatic heterocycles. The molecule has 4 nitrogen and oxygen atoms in total. The summed E-state index contributed by atoms with van der Waals surface area (Å²) >= 11 is 0. The lowest BCUT2D eigenvalue weighted by atomic mass is 10.1. The van der Waals surface area contributed by atoms with Crippen LogP contribution in [0.2, 0.25) is 0 Å². The van der Waals surface area contributed by atoms with Gasteiger partial charge in [0.1, 0.15) is 11.4 Å². The van der Waals surface area contributed by atoms with Gasteiger partial charge in [0.25, 0.3) is 0 Å². The van der Waals surface area contributed by atoms with Gasteiger partial charge in [0.05, 0.1) is 12.8 Å². The molecule has 0 bridgehead atoms. The van der Waals surface area contributed by atoms with Crippen LogP contribution in [0.1, 0.15) is 22.8 Å². The van der Waals surface area contributed by atoms with Crippen molar-refractivity contribution in [2.75, 3.05) is 24.3 Å². The molecular weight excluding hydrogens is 264 g/mol. The molecule has 0 saturated heterocycles. The van der Waals surface area contributed by atoms with Crippen LogP contribution in [0.5, 0.6) is 5.75 Å². The third-order valence-electron chi connectivity index (χ3n) is 3.47. The molecule has 4 heteroatoms. The van der Waals surface area contributed by atoms with Crippen LogP contribution in [0.25, 0.3) is 0 Å². The minimum atomic E-state index is 0.460. The molecule has 0 saturated carbocycles. The Kier molecular flexibility index (Phi) is 4.82. The summed E-state index contributed by atoms with van der Waals surface area (Å²) in [6.07, 6.45) is 0.772. The van der Waals surface area contributed by atoms with Gasteiger partial charge in [-0.25, -0.2) is 0 Å². The van der Waals surface area contributed by atoms with E-state index in [1.807, 2.05) is 18.2 Å². The van der Waals surface area contributed by atoms with Gasteiger partial charge in [0, 0.05) is 18.7 Å². The third-order valence-corrected chi connectivity index (χ3v) is 3.47. The van der Waals surface area contributed by atoms with Gasteiger partial charge >= 0.3 is 0 Å². The van der Waals surface area contributed by atoms with Crippen LogP contribution in [0, 0.1) is 0 Å². The van der Waals surface area contributed by atoms with Crippen molar-refractivity contribution in [1.29, 1.82) is 0 Å². The van der Waals surface area contributed by atoms with Gasteiger partial charge < -0.3 is 15.4 Å². The number of nitrogen functional groups attached to an aromatic ring is 1. The molecule has 110 valence electrons. The Morgan fingerprint density at radius 2 is 1.90 bits per heavy atom. The number of carbonyl (C=O) groups is 1. The fourth-order valence-electron chi connectivity index (χ4n) is 2.35. The Hall–Kier alpha value is -2.49. The van der Waals surface area contributed by atoms with Crippen molar-refractivity contribution >= 4 is 17.7 Å². The van der Waals surface area contributed by atoms with Gasteiger partial charge in [-0.3, -0.25) is 4.79 Å². The molecule has 0 heterocycles. The summed E-state index contributed by atoms with van der Waals surface area (Å²) in [6, 6.07) is 13.6. The fraction of sp³-hybridized carbons (Fsp3) is 0.235. The molecule has 2 rings (SSSR count). The number of hydrogen-bond donors (Lipinski definition) is 1. The summed E-state index contributed by atoms with van der Waals surface area (Å²) in [5.74, 6) is 0.677. The van der Waals surface area contributed by atoms with Gasteiger partial charge in [0.15, 0.2) is 6.29 Å². The molecule has 0 aliphatic rings. The lowest BCUT2D eigenvalue weighted by Crippen LogP contribution is -2.24.